The van der Waals surface area contributed by atoms with Gasteiger partial charge < -0.3 is 15.2 Å². The second kappa shape index (κ2) is 9.40. The van der Waals surface area contributed by atoms with Crippen LogP contribution in [-0.4, -0.2) is 70.9 Å². The van der Waals surface area contributed by atoms with Crippen molar-refractivity contribution in [3.63, 3.8) is 0 Å². The number of carbonyl (C=O) groups excluding carboxylic acids is 2. The normalized spacial score (nSPS) is 14.9. The molecule has 2 aromatic heterocycles. The molecule has 30 heavy (non-hydrogen) atoms. The summed E-state index contributed by atoms with van der Waals surface area (Å²) in [6, 6.07) is 8.19. The highest BCUT2D eigenvalue weighted by Gasteiger charge is 2.23. The Bertz CT molecular complexity index is 1020. The Hall–Kier alpha value is -2.71. The number of nitrogens with zero attached hydrogens (tertiary/aromatic N) is 3. The summed E-state index contributed by atoms with van der Waals surface area (Å²) in [5.41, 5.74) is 3.30. The number of piperazine rings is 1. The summed E-state index contributed by atoms with van der Waals surface area (Å²) in [5, 5.41) is 7.07. The molecule has 1 aliphatic heterocycles. The molecule has 8 heteroatoms. The molecule has 158 valence electrons. The van der Waals surface area contributed by atoms with Crippen LogP contribution in [0.2, 0.25) is 0 Å². The number of rotatable bonds is 7. The van der Waals surface area contributed by atoms with Crippen molar-refractivity contribution in [2.75, 3.05) is 39.3 Å². The number of aromatic nitrogens is 2. The molecule has 0 aliphatic carbocycles. The van der Waals surface area contributed by atoms with Crippen molar-refractivity contribution in [3.8, 4) is 0 Å². The van der Waals surface area contributed by atoms with E-state index in [1.165, 1.54) is 22.3 Å². The van der Waals surface area contributed by atoms with E-state index in [4.69, 9.17) is 0 Å². The summed E-state index contributed by atoms with van der Waals surface area (Å²) in [5.74, 6) is 0.153. The first-order chi connectivity index (χ1) is 14.6. The molecule has 0 radical (unpaired) electrons. The maximum atomic E-state index is 12.4. The molecule has 1 aliphatic rings. The Kier molecular flexibility index (Phi) is 6.44. The number of nitrogens with one attached hydrogen (secondary N) is 2. The molecule has 3 aromatic rings. The molecule has 1 saturated heterocycles. The fraction of sp³-hybridized carbons (Fsp3) is 0.409. The van der Waals surface area contributed by atoms with Crippen LogP contribution in [0.5, 0.6) is 0 Å². The Morgan fingerprint density at radius 3 is 2.77 bits per heavy atom. The van der Waals surface area contributed by atoms with Gasteiger partial charge in [0.1, 0.15) is 5.01 Å². The number of carbonyl (C=O) groups is 2. The zero-order valence-corrected chi connectivity index (χ0v) is 18.0. The van der Waals surface area contributed by atoms with E-state index in [-0.39, 0.29) is 11.8 Å². The molecule has 3 heterocycles. The van der Waals surface area contributed by atoms with Crippen LogP contribution in [0, 0.1) is 6.92 Å². The summed E-state index contributed by atoms with van der Waals surface area (Å²) in [6.45, 7) is 5.69. The van der Waals surface area contributed by atoms with E-state index in [0.717, 1.165) is 35.7 Å². The first-order valence-corrected chi connectivity index (χ1v) is 11.2. The van der Waals surface area contributed by atoms with Crippen molar-refractivity contribution in [1.82, 2.24) is 25.1 Å². The number of aryl methyl sites for hydroxylation is 1. The lowest BCUT2D eigenvalue weighted by molar-refractivity contribution is -0.132. The monoisotopic (exact) mass is 425 g/mol. The average Bonchev–Trinajstić information content (AvgIpc) is 3.34. The highest BCUT2D eigenvalue weighted by atomic mass is 32.1. The molecular weight excluding hydrogens is 398 g/mol. The van der Waals surface area contributed by atoms with Gasteiger partial charge in [0, 0.05) is 60.9 Å². The quantitative estimate of drug-likeness (QED) is 0.607. The third-order valence-electron chi connectivity index (χ3n) is 5.45. The second-order valence-electron chi connectivity index (χ2n) is 7.68. The van der Waals surface area contributed by atoms with Gasteiger partial charge in [-0.15, -0.1) is 11.3 Å². The smallest absolute Gasteiger partial charge is 0.234 e. The Labute approximate surface area is 180 Å². The molecule has 2 amide bonds. The van der Waals surface area contributed by atoms with Gasteiger partial charge in [0.25, 0.3) is 0 Å². The van der Waals surface area contributed by atoms with Gasteiger partial charge >= 0.3 is 0 Å². The van der Waals surface area contributed by atoms with E-state index >= 15 is 0 Å². The summed E-state index contributed by atoms with van der Waals surface area (Å²) in [7, 11) is 0. The molecule has 0 atom stereocenters. The zero-order valence-electron chi connectivity index (χ0n) is 17.2. The van der Waals surface area contributed by atoms with Gasteiger partial charge in [-0.2, -0.15) is 0 Å². The molecule has 1 fully saturated rings. The SMILES string of the molecule is Cc1csc(CC(=O)N2CCN(CC(=O)NCCc3c[nH]c4ccccc34)CC2)n1. The van der Waals surface area contributed by atoms with Crippen LogP contribution in [0.15, 0.2) is 35.8 Å². The molecule has 0 saturated carbocycles. The lowest BCUT2D eigenvalue weighted by Crippen LogP contribution is -2.51. The van der Waals surface area contributed by atoms with Crippen LogP contribution < -0.4 is 5.32 Å². The van der Waals surface area contributed by atoms with E-state index in [1.807, 2.05) is 35.5 Å². The third-order valence-corrected chi connectivity index (χ3v) is 6.42. The summed E-state index contributed by atoms with van der Waals surface area (Å²) in [6.07, 6.45) is 3.18. The summed E-state index contributed by atoms with van der Waals surface area (Å²) in [4.78, 5) is 36.4. The first-order valence-electron chi connectivity index (χ1n) is 10.3. The van der Waals surface area contributed by atoms with Gasteiger partial charge in [0.15, 0.2) is 0 Å². The van der Waals surface area contributed by atoms with Crippen LogP contribution in [0.3, 0.4) is 0 Å². The minimum absolute atomic E-state index is 0.0351. The van der Waals surface area contributed by atoms with Gasteiger partial charge in [-0.1, -0.05) is 18.2 Å². The standard InChI is InChI=1S/C22H27N5O2S/c1-16-15-30-21(25-16)12-22(29)27-10-8-26(9-11-27)14-20(28)23-7-6-17-13-24-19-5-3-2-4-18(17)19/h2-5,13,15,24H,6-12,14H2,1H3,(H,23,28). The second-order valence-corrected chi connectivity index (χ2v) is 8.62. The van der Waals surface area contributed by atoms with E-state index in [2.05, 4.69) is 32.3 Å². The number of amides is 2. The topological polar surface area (TPSA) is 81.3 Å². The number of aromatic amines is 1. The first kappa shape index (κ1) is 20.6. The van der Waals surface area contributed by atoms with Crippen molar-refractivity contribution in [2.45, 2.75) is 19.8 Å². The number of fused-ring (bicyclic) bond motifs is 1. The summed E-state index contributed by atoms with van der Waals surface area (Å²) < 4.78 is 0. The fourth-order valence-electron chi connectivity index (χ4n) is 3.81. The van der Waals surface area contributed by atoms with Crippen molar-refractivity contribution >= 4 is 34.1 Å². The highest BCUT2D eigenvalue weighted by molar-refractivity contribution is 7.09. The Morgan fingerprint density at radius 1 is 1.20 bits per heavy atom. The van der Waals surface area contributed by atoms with Crippen LogP contribution in [0.25, 0.3) is 10.9 Å². The summed E-state index contributed by atoms with van der Waals surface area (Å²) >= 11 is 1.53. The maximum Gasteiger partial charge on any atom is 0.234 e. The number of thiazole rings is 1. The van der Waals surface area contributed by atoms with Gasteiger partial charge in [-0.3, -0.25) is 14.5 Å². The lowest BCUT2D eigenvalue weighted by Gasteiger charge is -2.34. The molecule has 0 unspecified atom stereocenters. The largest absolute Gasteiger partial charge is 0.361 e. The van der Waals surface area contributed by atoms with Gasteiger partial charge in [0.05, 0.1) is 13.0 Å². The number of H-pyrrole nitrogens is 1. The van der Waals surface area contributed by atoms with Crippen molar-refractivity contribution in [1.29, 1.82) is 0 Å². The van der Waals surface area contributed by atoms with Crippen molar-refractivity contribution < 1.29 is 9.59 Å². The number of benzene rings is 1. The molecular formula is C22H27N5O2S. The molecule has 4 rings (SSSR count). The van der Waals surface area contributed by atoms with Gasteiger partial charge in [-0.05, 0) is 25.0 Å². The van der Waals surface area contributed by atoms with Crippen LogP contribution >= 0.6 is 11.3 Å². The van der Waals surface area contributed by atoms with Crippen LogP contribution in [0.4, 0.5) is 0 Å². The predicted octanol–water partition coefficient (Wildman–Crippen LogP) is 1.98. The zero-order chi connectivity index (χ0) is 20.9. The fourth-order valence-corrected chi connectivity index (χ4v) is 4.58. The molecule has 0 spiro atoms. The number of para-hydroxylation sites is 1. The van der Waals surface area contributed by atoms with E-state index in [9.17, 15) is 9.59 Å². The van der Waals surface area contributed by atoms with E-state index in [0.29, 0.717) is 32.6 Å². The maximum absolute atomic E-state index is 12.4. The molecule has 2 N–H and O–H groups in total. The minimum atomic E-state index is 0.0351. The Morgan fingerprint density at radius 2 is 2.00 bits per heavy atom. The minimum Gasteiger partial charge on any atom is -0.361 e. The van der Waals surface area contributed by atoms with E-state index < -0.39 is 0 Å². The van der Waals surface area contributed by atoms with Gasteiger partial charge in [0.2, 0.25) is 11.8 Å². The Balaban J connectivity index is 1.16. The third kappa shape index (κ3) is 5.06. The van der Waals surface area contributed by atoms with Gasteiger partial charge in [-0.25, -0.2) is 4.98 Å². The van der Waals surface area contributed by atoms with E-state index in [1.54, 1.807) is 0 Å². The molecule has 7 nitrogen and oxygen atoms in total. The molecule has 1 aromatic carbocycles. The predicted molar refractivity (Wildman–Crippen MR) is 119 cm³/mol. The lowest BCUT2D eigenvalue weighted by atomic mass is 10.1. The van der Waals surface area contributed by atoms with Crippen molar-refractivity contribution in [3.05, 3.63) is 52.1 Å². The van der Waals surface area contributed by atoms with Crippen LogP contribution in [-0.2, 0) is 22.4 Å². The van der Waals surface area contributed by atoms with Crippen LogP contribution in [0.1, 0.15) is 16.3 Å². The number of hydrogen-bond donors (Lipinski definition) is 2. The highest BCUT2D eigenvalue weighted by Crippen LogP contribution is 2.17. The molecule has 0 bridgehead atoms. The average molecular weight is 426 g/mol. The van der Waals surface area contributed by atoms with Crippen molar-refractivity contribution in [2.24, 2.45) is 0 Å². The number of hydrogen-bond acceptors (Lipinski definition) is 5.